The van der Waals surface area contributed by atoms with Crippen LogP contribution < -0.4 is 5.73 Å². The number of aromatic nitrogens is 1. The Labute approximate surface area is 123 Å². The number of hydrogen-bond donors (Lipinski definition) is 1. The van der Waals surface area contributed by atoms with Gasteiger partial charge in [0.25, 0.3) is 0 Å². The fourth-order valence-electron chi connectivity index (χ4n) is 1.66. The van der Waals surface area contributed by atoms with Gasteiger partial charge in [0.15, 0.2) is 0 Å². The van der Waals surface area contributed by atoms with Crippen LogP contribution in [-0.4, -0.2) is 11.0 Å². The van der Waals surface area contributed by atoms with Crippen molar-refractivity contribution in [2.24, 2.45) is 5.73 Å². The van der Waals surface area contributed by atoms with Crippen molar-refractivity contribution >= 4 is 23.1 Å². The Balaban J connectivity index is 2.16. The van der Waals surface area contributed by atoms with E-state index in [2.05, 4.69) is 4.98 Å². The third kappa shape index (κ3) is 3.74. The Hall–Kier alpha value is -1.05. The highest BCUT2D eigenvalue weighted by Crippen LogP contribution is 2.38. The summed E-state index contributed by atoms with van der Waals surface area (Å²) >= 11 is 2.94. The van der Waals surface area contributed by atoms with E-state index in [1.165, 1.54) is 17.8 Å². The third-order valence-electron chi connectivity index (χ3n) is 2.66. The number of hydrogen-bond acceptors (Lipinski definition) is 4. The summed E-state index contributed by atoms with van der Waals surface area (Å²) in [6, 6.07) is 4.27. The standard InChI is InChI=1S/C13H13F3N2S2/c1-8(17)12(9-4-5-19-7-9)20-11-3-2-10(6-18-11)13(14,15)16/h2-8,12H,17H2,1H3. The molecule has 2 atom stereocenters. The van der Waals surface area contributed by atoms with Crippen LogP contribution in [-0.2, 0) is 6.18 Å². The molecule has 20 heavy (non-hydrogen) atoms. The van der Waals surface area contributed by atoms with Gasteiger partial charge in [-0.05, 0) is 41.4 Å². The second kappa shape index (κ2) is 6.15. The van der Waals surface area contributed by atoms with Gasteiger partial charge in [-0.1, -0.05) is 11.8 Å². The van der Waals surface area contributed by atoms with Crippen LogP contribution in [0.5, 0.6) is 0 Å². The van der Waals surface area contributed by atoms with E-state index in [-0.39, 0.29) is 11.3 Å². The topological polar surface area (TPSA) is 38.9 Å². The molecule has 0 aliphatic heterocycles. The van der Waals surface area contributed by atoms with Gasteiger partial charge >= 0.3 is 6.18 Å². The molecule has 2 aromatic heterocycles. The number of nitrogens with zero attached hydrogens (tertiary/aromatic N) is 1. The lowest BCUT2D eigenvalue weighted by Crippen LogP contribution is -2.22. The van der Waals surface area contributed by atoms with Crippen molar-refractivity contribution in [3.63, 3.8) is 0 Å². The van der Waals surface area contributed by atoms with Crippen LogP contribution in [0.1, 0.15) is 23.3 Å². The lowest BCUT2D eigenvalue weighted by molar-refractivity contribution is -0.137. The predicted molar refractivity (Wildman–Crippen MR) is 75.8 cm³/mol. The molecule has 0 spiro atoms. The Morgan fingerprint density at radius 1 is 1.30 bits per heavy atom. The summed E-state index contributed by atoms with van der Waals surface area (Å²) in [5.41, 5.74) is 6.28. The summed E-state index contributed by atoms with van der Waals surface area (Å²) in [4.78, 5) is 3.87. The molecule has 2 rings (SSSR count). The molecule has 0 bridgehead atoms. The van der Waals surface area contributed by atoms with Crippen LogP contribution in [0.3, 0.4) is 0 Å². The van der Waals surface area contributed by atoms with Gasteiger partial charge in [-0.25, -0.2) is 4.98 Å². The van der Waals surface area contributed by atoms with Crippen molar-refractivity contribution in [3.8, 4) is 0 Å². The zero-order chi connectivity index (χ0) is 14.8. The second-order valence-corrected chi connectivity index (χ2v) is 6.28. The van der Waals surface area contributed by atoms with Gasteiger partial charge in [0.05, 0.1) is 15.8 Å². The minimum Gasteiger partial charge on any atom is -0.327 e. The van der Waals surface area contributed by atoms with Crippen molar-refractivity contribution < 1.29 is 13.2 Å². The maximum atomic E-state index is 12.5. The molecule has 2 unspecified atom stereocenters. The van der Waals surface area contributed by atoms with E-state index in [4.69, 9.17) is 5.73 Å². The van der Waals surface area contributed by atoms with Crippen molar-refractivity contribution in [2.45, 2.75) is 29.4 Å². The first kappa shape index (κ1) is 15.3. The molecule has 0 aliphatic rings. The predicted octanol–water partition coefficient (Wildman–Crippen LogP) is 4.34. The van der Waals surface area contributed by atoms with Gasteiger partial charge in [0.2, 0.25) is 0 Å². The van der Waals surface area contributed by atoms with Crippen molar-refractivity contribution in [3.05, 3.63) is 46.3 Å². The first-order valence-corrected chi connectivity index (χ1v) is 7.68. The summed E-state index contributed by atoms with van der Waals surface area (Å²) in [5, 5.41) is 4.45. The van der Waals surface area contributed by atoms with Gasteiger partial charge in [-0.15, -0.1) is 0 Å². The number of thioether (sulfide) groups is 1. The first-order chi connectivity index (χ1) is 9.38. The Morgan fingerprint density at radius 2 is 2.05 bits per heavy atom. The van der Waals surface area contributed by atoms with Crippen LogP contribution in [0, 0.1) is 0 Å². The first-order valence-electron chi connectivity index (χ1n) is 5.85. The zero-order valence-electron chi connectivity index (χ0n) is 10.6. The van der Waals surface area contributed by atoms with E-state index in [1.807, 2.05) is 23.8 Å². The van der Waals surface area contributed by atoms with E-state index in [0.29, 0.717) is 5.03 Å². The number of alkyl halides is 3. The zero-order valence-corrected chi connectivity index (χ0v) is 12.2. The van der Waals surface area contributed by atoms with E-state index in [9.17, 15) is 13.2 Å². The van der Waals surface area contributed by atoms with Gasteiger partial charge < -0.3 is 5.73 Å². The van der Waals surface area contributed by atoms with Crippen LogP contribution >= 0.6 is 23.1 Å². The van der Waals surface area contributed by atoms with Gasteiger partial charge in [0.1, 0.15) is 0 Å². The summed E-state index contributed by atoms with van der Waals surface area (Å²) in [5.74, 6) is 0. The highest BCUT2D eigenvalue weighted by molar-refractivity contribution is 7.99. The van der Waals surface area contributed by atoms with E-state index in [1.54, 1.807) is 11.3 Å². The summed E-state index contributed by atoms with van der Waals surface area (Å²) in [6.45, 7) is 1.87. The lowest BCUT2D eigenvalue weighted by Gasteiger charge is -2.19. The van der Waals surface area contributed by atoms with Crippen LogP contribution in [0.25, 0.3) is 0 Å². The van der Waals surface area contributed by atoms with Gasteiger partial charge in [-0.3, -0.25) is 0 Å². The van der Waals surface area contributed by atoms with Crippen LogP contribution in [0.2, 0.25) is 0 Å². The molecule has 2 heterocycles. The molecule has 0 radical (unpaired) electrons. The maximum Gasteiger partial charge on any atom is 0.417 e. The summed E-state index contributed by atoms with van der Waals surface area (Å²) in [7, 11) is 0. The molecule has 0 saturated heterocycles. The minimum absolute atomic E-state index is 0.0227. The van der Waals surface area contributed by atoms with Crippen LogP contribution in [0.4, 0.5) is 13.2 Å². The lowest BCUT2D eigenvalue weighted by atomic mass is 10.1. The average Bonchev–Trinajstić information content (AvgIpc) is 2.88. The Kier molecular flexibility index (Phi) is 4.72. The molecule has 2 aromatic rings. The van der Waals surface area contributed by atoms with E-state index < -0.39 is 11.7 Å². The highest BCUT2D eigenvalue weighted by atomic mass is 32.2. The number of halogens is 3. The van der Waals surface area contributed by atoms with Gasteiger partial charge in [0, 0.05) is 12.2 Å². The molecule has 108 valence electrons. The largest absolute Gasteiger partial charge is 0.417 e. The van der Waals surface area contributed by atoms with Crippen LogP contribution in [0.15, 0.2) is 40.2 Å². The smallest absolute Gasteiger partial charge is 0.327 e. The molecule has 0 saturated carbocycles. The molecule has 7 heteroatoms. The molecule has 0 fully saturated rings. The fraction of sp³-hybridized carbons (Fsp3) is 0.308. The number of nitrogens with two attached hydrogens (primary N) is 1. The van der Waals surface area contributed by atoms with Gasteiger partial charge in [-0.2, -0.15) is 24.5 Å². The maximum absolute atomic E-state index is 12.5. The minimum atomic E-state index is -4.36. The SMILES string of the molecule is CC(N)C(Sc1ccc(C(F)(F)F)cn1)c1ccsc1. The Morgan fingerprint density at radius 3 is 2.50 bits per heavy atom. The molecule has 0 aromatic carbocycles. The molecule has 2 N–H and O–H groups in total. The highest BCUT2D eigenvalue weighted by Gasteiger charge is 2.30. The van der Waals surface area contributed by atoms with Crippen molar-refractivity contribution in [2.75, 3.05) is 0 Å². The fourth-order valence-corrected chi connectivity index (χ4v) is 3.46. The molecule has 2 nitrogen and oxygen atoms in total. The quantitative estimate of drug-likeness (QED) is 0.852. The van der Waals surface area contributed by atoms with E-state index in [0.717, 1.165) is 17.8 Å². The average molecular weight is 318 g/mol. The summed E-state index contributed by atoms with van der Waals surface area (Å²) < 4.78 is 37.4. The third-order valence-corrected chi connectivity index (χ3v) is 4.80. The summed E-state index contributed by atoms with van der Waals surface area (Å²) in [6.07, 6.45) is -3.50. The van der Waals surface area contributed by atoms with E-state index >= 15 is 0 Å². The normalized spacial score (nSPS) is 15.1. The molecular weight excluding hydrogens is 305 g/mol. The Bertz CT molecular complexity index is 536. The number of pyridine rings is 1. The molecule has 0 aliphatic carbocycles. The second-order valence-electron chi connectivity index (χ2n) is 4.34. The molecular formula is C13H13F3N2S2. The number of thiophene rings is 1. The number of rotatable bonds is 4. The van der Waals surface area contributed by atoms with Crippen molar-refractivity contribution in [1.29, 1.82) is 0 Å². The molecule has 0 amide bonds. The monoisotopic (exact) mass is 318 g/mol. The van der Waals surface area contributed by atoms with Crippen molar-refractivity contribution in [1.82, 2.24) is 4.98 Å².